The van der Waals surface area contributed by atoms with E-state index in [9.17, 15) is 4.79 Å². The van der Waals surface area contributed by atoms with Crippen LogP contribution in [0.25, 0.3) is 0 Å². The van der Waals surface area contributed by atoms with Crippen molar-refractivity contribution < 1.29 is 9.21 Å². The third-order valence-electron chi connectivity index (χ3n) is 5.57. The first kappa shape index (κ1) is 21.2. The van der Waals surface area contributed by atoms with E-state index in [1.807, 2.05) is 19.1 Å². The van der Waals surface area contributed by atoms with E-state index in [1.54, 1.807) is 24.5 Å². The Hall–Kier alpha value is -3.00. The summed E-state index contributed by atoms with van der Waals surface area (Å²) in [5, 5.41) is 12.1. The molecule has 0 fully saturated rings. The molecule has 0 aliphatic carbocycles. The Balaban J connectivity index is 1.50. The highest BCUT2D eigenvalue weighted by molar-refractivity contribution is 5.94. The van der Waals surface area contributed by atoms with Crippen LogP contribution in [-0.4, -0.2) is 43.6 Å². The lowest BCUT2D eigenvalue weighted by Gasteiger charge is -2.22. The molecular formula is C23H30N6O2. The second kappa shape index (κ2) is 9.43. The Bertz CT molecular complexity index is 1010. The van der Waals surface area contributed by atoms with Crippen LogP contribution < -0.4 is 5.32 Å². The summed E-state index contributed by atoms with van der Waals surface area (Å²) < 4.78 is 7.93. The maximum Gasteiger partial charge on any atom is 0.253 e. The maximum atomic E-state index is 12.8. The molecule has 0 aromatic carbocycles. The van der Waals surface area contributed by atoms with Gasteiger partial charge in [-0.05, 0) is 43.5 Å². The number of hydrogen-bond donors (Lipinski definition) is 1. The van der Waals surface area contributed by atoms with Crippen LogP contribution in [0.4, 0.5) is 0 Å². The van der Waals surface area contributed by atoms with Gasteiger partial charge in [0.25, 0.3) is 5.91 Å². The van der Waals surface area contributed by atoms with Crippen molar-refractivity contribution in [3.05, 3.63) is 65.4 Å². The molecule has 0 bridgehead atoms. The predicted molar refractivity (Wildman–Crippen MR) is 116 cm³/mol. The van der Waals surface area contributed by atoms with Gasteiger partial charge in [-0.1, -0.05) is 13.8 Å². The summed E-state index contributed by atoms with van der Waals surface area (Å²) in [4.78, 5) is 19.2. The van der Waals surface area contributed by atoms with E-state index >= 15 is 0 Å². The highest BCUT2D eigenvalue weighted by Gasteiger charge is 2.26. The van der Waals surface area contributed by atoms with E-state index in [1.165, 1.54) is 0 Å². The number of carbonyl (C=O) groups is 1. The second-order valence-corrected chi connectivity index (χ2v) is 8.56. The molecule has 164 valence electrons. The number of carbonyl (C=O) groups excluding carboxylic acids is 1. The first-order chi connectivity index (χ1) is 15.0. The van der Waals surface area contributed by atoms with Crippen molar-refractivity contribution in [2.75, 3.05) is 13.1 Å². The van der Waals surface area contributed by atoms with Gasteiger partial charge in [-0.15, -0.1) is 10.2 Å². The minimum absolute atomic E-state index is 0.139. The minimum atomic E-state index is -0.201. The molecule has 1 aliphatic rings. The van der Waals surface area contributed by atoms with E-state index in [0.717, 1.165) is 62.2 Å². The van der Waals surface area contributed by atoms with Crippen LogP contribution in [0.3, 0.4) is 0 Å². The molecule has 3 aromatic heterocycles. The van der Waals surface area contributed by atoms with Gasteiger partial charge in [-0.3, -0.25) is 14.7 Å². The average Bonchev–Trinajstić information content (AvgIpc) is 3.29. The van der Waals surface area contributed by atoms with E-state index in [4.69, 9.17) is 4.42 Å². The van der Waals surface area contributed by atoms with Crippen molar-refractivity contribution in [1.82, 2.24) is 30.0 Å². The quantitative estimate of drug-likeness (QED) is 0.629. The molecule has 0 spiro atoms. The Morgan fingerprint density at radius 3 is 2.77 bits per heavy atom. The number of hydrogen-bond acceptors (Lipinski definition) is 6. The molecule has 1 aliphatic heterocycles. The van der Waals surface area contributed by atoms with E-state index in [0.29, 0.717) is 11.5 Å². The van der Waals surface area contributed by atoms with Crippen LogP contribution >= 0.6 is 0 Å². The summed E-state index contributed by atoms with van der Waals surface area (Å²) in [5.74, 6) is 3.98. The Morgan fingerprint density at radius 1 is 1.19 bits per heavy atom. The third-order valence-corrected chi connectivity index (χ3v) is 5.57. The number of pyridine rings is 1. The number of rotatable bonds is 7. The number of nitrogens with one attached hydrogen (secondary N) is 1. The van der Waals surface area contributed by atoms with Gasteiger partial charge in [0, 0.05) is 38.4 Å². The smallest absolute Gasteiger partial charge is 0.253 e. The highest BCUT2D eigenvalue weighted by Crippen LogP contribution is 2.23. The fourth-order valence-corrected chi connectivity index (χ4v) is 4.03. The zero-order valence-electron chi connectivity index (χ0n) is 18.4. The number of amides is 1. The molecule has 0 unspecified atom stereocenters. The predicted octanol–water partition coefficient (Wildman–Crippen LogP) is 3.15. The molecule has 8 nitrogen and oxygen atoms in total. The summed E-state index contributed by atoms with van der Waals surface area (Å²) >= 11 is 0. The summed E-state index contributed by atoms with van der Waals surface area (Å²) in [5.41, 5.74) is 0.548. The van der Waals surface area contributed by atoms with Crippen LogP contribution in [0.2, 0.25) is 0 Å². The topological polar surface area (TPSA) is 89.1 Å². The minimum Gasteiger partial charge on any atom is -0.465 e. The molecule has 4 heterocycles. The van der Waals surface area contributed by atoms with Crippen LogP contribution in [0.1, 0.15) is 59.8 Å². The summed E-state index contributed by atoms with van der Waals surface area (Å²) in [6, 6.07) is 7.38. The van der Waals surface area contributed by atoms with E-state index < -0.39 is 0 Å². The second-order valence-electron chi connectivity index (χ2n) is 8.56. The molecule has 0 saturated carbocycles. The first-order valence-corrected chi connectivity index (χ1v) is 10.9. The number of nitrogens with zero attached hydrogens (tertiary/aromatic N) is 5. The summed E-state index contributed by atoms with van der Waals surface area (Å²) in [6.07, 6.45) is 4.86. The fraction of sp³-hybridized carbons (Fsp3) is 0.478. The monoisotopic (exact) mass is 422 g/mol. The Morgan fingerprint density at radius 2 is 2.06 bits per heavy atom. The lowest BCUT2D eigenvalue weighted by atomic mass is 10.0. The lowest BCUT2D eigenvalue weighted by Crippen LogP contribution is -2.32. The van der Waals surface area contributed by atoms with Gasteiger partial charge in [-0.25, -0.2) is 0 Å². The number of aryl methyl sites for hydroxylation is 1. The molecule has 3 aromatic rings. The van der Waals surface area contributed by atoms with Gasteiger partial charge >= 0.3 is 0 Å². The van der Waals surface area contributed by atoms with Crippen LogP contribution in [0.5, 0.6) is 0 Å². The largest absolute Gasteiger partial charge is 0.465 e. The highest BCUT2D eigenvalue weighted by atomic mass is 16.3. The van der Waals surface area contributed by atoms with Gasteiger partial charge in [-0.2, -0.15) is 0 Å². The number of aromatic nitrogens is 4. The number of furan rings is 1. The van der Waals surface area contributed by atoms with Crippen molar-refractivity contribution in [2.24, 2.45) is 5.92 Å². The third kappa shape index (κ3) is 5.19. The molecule has 1 atom stereocenters. The van der Waals surface area contributed by atoms with Crippen LogP contribution in [-0.2, 0) is 19.5 Å². The molecule has 0 radical (unpaired) electrons. The molecule has 1 N–H and O–H groups in total. The maximum absolute atomic E-state index is 12.8. The van der Waals surface area contributed by atoms with Gasteiger partial charge in [0.15, 0.2) is 5.82 Å². The molecule has 8 heteroatoms. The lowest BCUT2D eigenvalue weighted by molar-refractivity contribution is 0.0928. The molecule has 1 amide bonds. The van der Waals surface area contributed by atoms with Gasteiger partial charge in [0.05, 0.1) is 18.2 Å². The molecule has 4 rings (SSSR count). The zero-order chi connectivity index (χ0) is 21.8. The van der Waals surface area contributed by atoms with Crippen molar-refractivity contribution in [1.29, 1.82) is 0 Å². The summed E-state index contributed by atoms with van der Waals surface area (Å²) in [7, 11) is 0. The van der Waals surface area contributed by atoms with Crippen LogP contribution in [0, 0.1) is 12.8 Å². The van der Waals surface area contributed by atoms with E-state index in [-0.39, 0.29) is 11.9 Å². The Labute approximate surface area is 182 Å². The van der Waals surface area contributed by atoms with Crippen molar-refractivity contribution in [2.45, 2.75) is 52.7 Å². The number of fused-ring (bicyclic) bond motifs is 1. The molecule has 31 heavy (non-hydrogen) atoms. The van der Waals surface area contributed by atoms with Gasteiger partial charge in [0.2, 0.25) is 0 Å². The van der Waals surface area contributed by atoms with Crippen molar-refractivity contribution in [3.63, 3.8) is 0 Å². The van der Waals surface area contributed by atoms with Crippen molar-refractivity contribution >= 4 is 5.91 Å². The average molecular weight is 423 g/mol. The summed E-state index contributed by atoms with van der Waals surface area (Å²) in [6.45, 7) is 9.61. The molecule has 0 saturated heterocycles. The standard InChI is InChI=1S/C23H30N6O2/c1-16(2)13-20(25-23(30)18-5-4-9-24-14-18)22-27-26-21-8-10-28(11-12-29(21)22)15-19-7-6-17(3)31-19/h4-7,9,14,16,20H,8,10-13,15H2,1-3H3,(H,25,30)/t20-/m1/s1. The van der Waals surface area contributed by atoms with E-state index in [2.05, 4.69) is 43.8 Å². The fourth-order valence-electron chi connectivity index (χ4n) is 4.03. The van der Waals surface area contributed by atoms with Crippen molar-refractivity contribution in [3.8, 4) is 0 Å². The van der Waals surface area contributed by atoms with Crippen LogP contribution in [0.15, 0.2) is 41.1 Å². The molecular weight excluding hydrogens is 392 g/mol. The first-order valence-electron chi connectivity index (χ1n) is 10.9. The SMILES string of the molecule is Cc1ccc(CN2CCc3nnc([C@@H](CC(C)C)NC(=O)c4cccnc4)n3CC2)o1. The van der Waals surface area contributed by atoms with Gasteiger partial charge in [0.1, 0.15) is 17.3 Å². The zero-order valence-corrected chi connectivity index (χ0v) is 18.4. The Kier molecular flexibility index (Phi) is 6.46. The normalized spacial score (nSPS) is 15.5. The van der Waals surface area contributed by atoms with Gasteiger partial charge < -0.3 is 14.3 Å².